The highest BCUT2D eigenvalue weighted by Gasteiger charge is 2.07. The molecule has 2 rings (SSSR count). The summed E-state index contributed by atoms with van der Waals surface area (Å²) < 4.78 is 6.00. The zero-order valence-electron chi connectivity index (χ0n) is 12.6. The smallest absolute Gasteiger partial charge is 0.338 e. The lowest BCUT2D eigenvalue weighted by Gasteiger charge is -2.04. The van der Waals surface area contributed by atoms with Gasteiger partial charge in [0.25, 0.3) is 0 Å². The highest BCUT2D eigenvalue weighted by Crippen LogP contribution is 2.18. The standard InChI is InChI=1S/C19H15BrO3/c1-13(2)19(22)23-16-10-7-15(8-11-16)18(21)12-9-14-5-3-4-6-17(14)20/h3-12H,1H2,2H3. The number of carbonyl (C=O) groups is 2. The number of halogens is 1. The minimum absolute atomic E-state index is 0.126. The zero-order valence-corrected chi connectivity index (χ0v) is 14.2. The molecule has 0 saturated carbocycles. The molecule has 0 saturated heterocycles. The summed E-state index contributed by atoms with van der Waals surface area (Å²) in [6.45, 7) is 5.09. The zero-order chi connectivity index (χ0) is 16.8. The SMILES string of the molecule is C=C(C)C(=O)Oc1ccc(C(=O)C=Cc2ccccc2Br)cc1. The summed E-state index contributed by atoms with van der Waals surface area (Å²) >= 11 is 3.43. The number of allylic oxidation sites excluding steroid dienone is 1. The summed E-state index contributed by atoms with van der Waals surface area (Å²) in [7, 11) is 0. The van der Waals surface area contributed by atoms with E-state index in [1.165, 1.54) is 6.08 Å². The molecule has 116 valence electrons. The molecule has 4 heteroatoms. The molecule has 0 N–H and O–H groups in total. The van der Waals surface area contributed by atoms with Crippen molar-refractivity contribution < 1.29 is 14.3 Å². The molecule has 2 aromatic rings. The van der Waals surface area contributed by atoms with E-state index in [4.69, 9.17) is 4.74 Å². The first-order valence-corrected chi connectivity index (χ1v) is 7.71. The van der Waals surface area contributed by atoms with Crippen molar-refractivity contribution in [2.24, 2.45) is 0 Å². The van der Waals surface area contributed by atoms with Crippen LogP contribution in [0.15, 0.2) is 71.2 Å². The lowest BCUT2D eigenvalue weighted by molar-refractivity contribution is -0.130. The molecule has 0 amide bonds. The van der Waals surface area contributed by atoms with Gasteiger partial charge in [0.2, 0.25) is 0 Å². The van der Waals surface area contributed by atoms with Crippen LogP contribution in [0.2, 0.25) is 0 Å². The van der Waals surface area contributed by atoms with Gasteiger partial charge in [-0.05, 0) is 55.0 Å². The Hall–Kier alpha value is -2.46. The van der Waals surface area contributed by atoms with E-state index in [9.17, 15) is 9.59 Å². The summed E-state index contributed by atoms with van der Waals surface area (Å²) in [5.74, 6) is -0.235. The Balaban J connectivity index is 2.07. The van der Waals surface area contributed by atoms with Crippen LogP contribution >= 0.6 is 15.9 Å². The maximum atomic E-state index is 12.1. The predicted molar refractivity (Wildman–Crippen MR) is 94.4 cm³/mol. The minimum Gasteiger partial charge on any atom is -0.423 e. The fourth-order valence-corrected chi connectivity index (χ4v) is 2.17. The van der Waals surface area contributed by atoms with Crippen LogP contribution in [0, 0.1) is 0 Å². The van der Waals surface area contributed by atoms with Crippen LogP contribution in [0.3, 0.4) is 0 Å². The Morgan fingerprint density at radius 1 is 1.09 bits per heavy atom. The largest absolute Gasteiger partial charge is 0.423 e. The Bertz CT molecular complexity index is 773. The van der Waals surface area contributed by atoms with Crippen LogP contribution < -0.4 is 4.74 Å². The van der Waals surface area contributed by atoms with Gasteiger partial charge in [-0.2, -0.15) is 0 Å². The second kappa shape index (κ2) is 7.70. The number of rotatable bonds is 5. The molecule has 0 fully saturated rings. The van der Waals surface area contributed by atoms with E-state index >= 15 is 0 Å². The van der Waals surface area contributed by atoms with Crippen molar-refractivity contribution in [3.05, 3.63) is 82.4 Å². The first kappa shape index (κ1) is 16.9. The number of benzene rings is 2. The van der Waals surface area contributed by atoms with Gasteiger partial charge in [-0.25, -0.2) is 4.79 Å². The quantitative estimate of drug-likeness (QED) is 0.327. The van der Waals surface area contributed by atoms with Gasteiger partial charge >= 0.3 is 5.97 Å². The maximum Gasteiger partial charge on any atom is 0.338 e. The fourth-order valence-electron chi connectivity index (χ4n) is 1.75. The van der Waals surface area contributed by atoms with Crippen molar-refractivity contribution in [1.29, 1.82) is 0 Å². The number of carbonyl (C=O) groups excluding carboxylic acids is 2. The van der Waals surface area contributed by atoms with Crippen LogP contribution in [-0.4, -0.2) is 11.8 Å². The third-order valence-electron chi connectivity index (χ3n) is 3.02. The molecule has 0 bridgehead atoms. The number of esters is 1. The van der Waals surface area contributed by atoms with Crippen LogP contribution in [0.4, 0.5) is 0 Å². The second-order valence-electron chi connectivity index (χ2n) is 4.91. The van der Waals surface area contributed by atoms with E-state index in [2.05, 4.69) is 22.5 Å². The van der Waals surface area contributed by atoms with Crippen LogP contribution in [0.25, 0.3) is 6.08 Å². The highest BCUT2D eigenvalue weighted by molar-refractivity contribution is 9.10. The van der Waals surface area contributed by atoms with E-state index in [1.807, 2.05) is 24.3 Å². The van der Waals surface area contributed by atoms with E-state index in [0.717, 1.165) is 10.0 Å². The topological polar surface area (TPSA) is 43.4 Å². The minimum atomic E-state index is -0.488. The van der Waals surface area contributed by atoms with Crippen molar-refractivity contribution in [3.63, 3.8) is 0 Å². The predicted octanol–water partition coefficient (Wildman–Crippen LogP) is 4.83. The van der Waals surface area contributed by atoms with Crippen LogP contribution in [-0.2, 0) is 4.79 Å². The monoisotopic (exact) mass is 370 g/mol. The second-order valence-corrected chi connectivity index (χ2v) is 5.77. The van der Waals surface area contributed by atoms with Gasteiger partial charge in [-0.3, -0.25) is 4.79 Å². The van der Waals surface area contributed by atoms with Crippen LogP contribution in [0.5, 0.6) is 5.75 Å². The molecule has 23 heavy (non-hydrogen) atoms. The molecule has 2 aromatic carbocycles. The highest BCUT2D eigenvalue weighted by atomic mass is 79.9. The molecular formula is C19H15BrO3. The van der Waals surface area contributed by atoms with Gasteiger partial charge in [0.1, 0.15) is 5.75 Å². The number of hydrogen-bond acceptors (Lipinski definition) is 3. The maximum absolute atomic E-state index is 12.1. The molecule has 0 spiro atoms. The van der Waals surface area contributed by atoms with Gasteiger partial charge in [-0.1, -0.05) is 40.7 Å². The first-order valence-electron chi connectivity index (χ1n) is 6.92. The average molecular weight is 371 g/mol. The summed E-state index contributed by atoms with van der Waals surface area (Å²) in [6.07, 6.45) is 3.26. The van der Waals surface area contributed by atoms with Crippen molar-refractivity contribution >= 4 is 33.8 Å². The Kier molecular flexibility index (Phi) is 5.66. The van der Waals surface area contributed by atoms with E-state index in [0.29, 0.717) is 16.9 Å². The van der Waals surface area contributed by atoms with Crippen molar-refractivity contribution in [2.75, 3.05) is 0 Å². The van der Waals surface area contributed by atoms with Gasteiger partial charge in [0.15, 0.2) is 5.78 Å². The summed E-state index contributed by atoms with van der Waals surface area (Å²) in [6, 6.07) is 14.0. The molecule has 0 aliphatic heterocycles. The molecule has 0 heterocycles. The van der Waals surface area contributed by atoms with Crippen molar-refractivity contribution in [1.82, 2.24) is 0 Å². The lowest BCUT2D eigenvalue weighted by atomic mass is 10.1. The van der Waals surface area contributed by atoms with E-state index in [-0.39, 0.29) is 5.78 Å². The number of ketones is 1. The Morgan fingerprint density at radius 3 is 2.35 bits per heavy atom. The lowest BCUT2D eigenvalue weighted by Crippen LogP contribution is -2.08. The molecule has 0 aliphatic rings. The van der Waals surface area contributed by atoms with E-state index in [1.54, 1.807) is 37.3 Å². The number of ether oxygens (including phenoxy) is 1. The van der Waals surface area contributed by atoms with Gasteiger partial charge in [0.05, 0.1) is 0 Å². The third-order valence-corrected chi connectivity index (χ3v) is 3.74. The normalized spacial score (nSPS) is 10.5. The van der Waals surface area contributed by atoms with Gasteiger partial charge in [0, 0.05) is 15.6 Å². The van der Waals surface area contributed by atoms with Gasteiger partial charge < -0.3 is 4.74 Å². The Labute approximate surface area is 143 Å². The fraction of sp³-hybridized carbons (Fsp3) is 0.0526. The molecule has 0 radical (unpaired) electrons. The molecule has 0 unspecified atom stereocenters. The summed E-state index contributed by atoms with van der Waals surface area (Å²) in [5.41, 5.74) is 1.76. The number of hydrogen-bond donors (Lipinski definition) is 0. The van der Waals surface area contributed by atoms with E-state index < -0.39 is 5.97 Å². The summed E-state index contributed by atoms with van der Waals surface area (Å²) in [5, 5.41) is 0. The summed E-state index contributed by atoms with van der Waals surface area (Å²) in [4.78, 5) is 23.6. The Morgan fingerprint density at radius 2 is 1.74 bits per heavy atom. The molecule has 3 nitrogen and oxygen atoms in total. The van der Waals surface area contributed by atoms with Crippen molar-refractivity contribution in [3.8, 4) is 5.75 Å². The average Bonchev–Trinajstić information content (AvgIpc) is 2.54. The molecule has 0 aromatic heterocycles. The van der Waals surface area contributed by atoms with Gasteiger partial charge in [-0.15, -0.1) is 0 Å². The third kappa shape index (κ3) is 4.76. The first-order chi connectivity index (χ1) is 11.0. The van der Waals surface area contributed by atoms with Crippen LogP contribution in [0.1, 0.15) is 22.8 Å². The van der Waals surface area contributed by atoms with Crippen molar-refractivity contribution in [2.45, 2.75) is 6.92 Å². The molecule has 0 atom stereocenters. The molecular weight excluding hydrogens is 356 g/mol. The molecule has 0 aliphatic carbocycles.